The van der Waals surface area contributed by atoms with Crippen molar-refractivity contribution in [1.29, 1.82) is 0 Å². The second-order valence-corrected chi connectivity index (χ2v) is 6.02. The average molecular weight is 324 g/mol. The van der Waals surface area contributed by atoms with Gasteiger partial charge in [0.15, 0.2) is 0 Å². The van der Waals surface area contributed by atoms with Gasteiger partial charge >= 0.3 is 0 Å². The van der Waals surface area contributed by atoms with Gasteiger partial charge in [0.1, 0.15) is 5.75 Å². The zero-order valence-electron chi connectivity index (χ0n) is 12.2. The molecule has 0 bridgehead atoms. The third-order valence-corrected chi connectivity index (χ3v) is 4.17. The van der Waals surface area contributed by atoms with E-state index < -0.39 is 0 Å². The minimum Gasteiger partial charge on any atom is -0.506 e. The smallest absolute Gasteiger partial charge is 0.134 e. The Labute approximate surface area is 135 Å². The lowest BCUT2D eigenvalue weighted by atomic mass is 10.0. The van der Waals surface area contributed by atoms with Gasteiger partial charge in [-0.2, -0.15) is 0 Å². The molecule has 1 N–H and O–H groups in total. The Hall–Kier alpha value is -1.22. The lowest BCUT2D eigenvalue weighted by Gasteiger charge is -2.27. The SMILES string of the molecule is CCC(c1ccc(Cl)cc1)N(C)Cc1ccc(O)c(Cl)c1. The molecule has 0 heterocycles. The fraction of sp³-hybridized carbons (Fsp3) is 0.294. The van der Waals surface area contributed by atoms with Crippen LogP contribution in [0, 0.1) is 0 Å². The minimum absolute atomic E-state index is 0.118. The summed E-state index contributed by atoms with van der Waals surface area (Å²) in [7, 11) is 2.09. The number of rotatable bonds is 5. The van der Waals surface area contributed by atoms with Crippen LogP contribution in [0.3, 0.4) is 0 Å². The van der Waals surface area contributed by atoms with E-state index in [1.54, 1.807) is 6.07 Å². The Bertz CT molecular complexity index is 598. The summed E-state index contributed by atoms with van der Waals surface area (Å²) in [4.78, 5) is 2.27. The van der Waals surface area contributed by atoms with E-state index in [1.165, 1.54) is 5.56 Å². The van der Waals surface area contributed by atoms with E-state index in [0.29, 0.717) is 11.1 Å². The van der Waals surface area contributed by atoms with Gasteiger partial charge in [-0.25, -0.2) is 0 Å². The molecule has 0 aliphatic carbocycles. The third kappa shape index (κ3) is 4.13. The summed E-state index contributed by atoms with van der Waals surface area (Å²) < 4.78 is 0. The number of halogens is 2. The molecule has 112 valence electrons. The molecule has 0 amide bonds. The maximum Gasteiger partial charge on any atom is 0.134 e. The van der Waals surface area contributed by atoms with Crippen molar-refractivity contribution in [1.82, 2.24) is 4.90 Å². The van der Waals surface area contributed by atoms with Crippen molar-refractivity contribution in [3.05, 3.63) is 63.6 Å². The molecule has 0 aromatic heterocycles. The predicted molar refractivity (Wildman–Crippen MR) is 89.1 cm³/mol. The van der Waals surface area contributed by atoms with Gasteiger partial charge in [-0.15, -0.1) is 0 Å². The maximum absolute atomic E-state index is 9.48. The monoisotopic (exact) mass is 323 g/mol. The van der Waals surface area contributed by atoms with Crippen LogP contribution in [0.25, 0.3) is 0 Å². The molecule has 4 heteroatoms. The van der Waals surface area contributed by atoms with Gasteiger partial charge in [-0.05, 0) is 48.9 Å². The Kier molecular flexibility index (Phi) is 5.51. The maximum atomic E-state index is 9.48. The highest BCUT2D eigenvalue weighted by Gasteiger charge is 2.15. The Balaban J connectivity index is 2.14. The van der Waals surface area contributed by atoms with Crippen molar-refractivity contribution in [3.8, 4) is 5.75 Å². The van der Waals surface area contributed by atoms with E-state index in [9.17, 15) is 5.11 Å². The highest BCUT2D eigenvalue weighted by atomic mass is 35.5. The zero-order chi connectivity index (χ0) is 15.4. The van der Waals surface area contributed by atoms with Crippen molar-refractivity contribution in [3.63, 3.8) is 0 Å². The van der Waals surface area contributed by atoms with E-state index in [0.717, 1.165) is 23.6 Å². The van der Waals surface area contributed by atoms with E-state index in [2.05, 4.69) is 31.0 Å². The molecule has 2 nitrogen and oxygen atoms in total. The molecule has 0 aliphatic rings. The average Bonchev–Trinajstić information content (AvgIpc) is 2.46. The lowest BCUT2D eigenvalue weighted by molar-refractivity contribution is 0.230. The Morgan fingerprint density at radius 3 is 2.33 bits per heavy atom. The molecule has 0 spiro atoms. The topological polar surface area (TPSA) is 23.5 Å². The second-order valence-electron chi connectivity index (χ2n) is 5.18. The summed E-state index contributed by atoms with van der Waals surface area (Å²) >= 11 is 11.9. The number of hydrogen-bond acceptors (Lipinski definition) is 2. The lowest BCUT2D eigenvalue weighted by Crippen LogP contribution is -2.23. The number of nitrogens with zero attached hydrogens (tertiary/aromatic N) is 1. The van der Waals surface area contributed by atoms with Gasteiger partial charge in [-0.1, -0.05) is 48.3 Å². The van der Waals surface area contributed by atoms with Crippen LogP contribution < -0.4 is 0 Å². The van der Waals surface area contributed by atoms with Crippen LogP contribution in [0.5, 0.6) is 5.75 Å². The van der Waals surface area contributed by atoms with Crippen LogP contribution in [0.15, 0.2) is 42.5 Å². The number of phenolic OH excluding ortho intramolecular Hbond substituents is 1. The van der Waals surface area contributed by atoms with Crippen LogP contribution in [0.1, 0.15) is 30.5 Å². The van der Waals surface area contributed by atoms with Crippen LogP contribution in [-0.4, -0.2) is 17.1 Å². The third-order valence-electron chi connectivity index (χ3n) is 3.62. The first kappa shape index (κ1) is 16.2. The van der Waals surface area contributed by atoms with Gasteiger partial charge in [0.05, 0.1) is 5.02 Å². The van der Waals surface area contributed by atoms with Crippen LogP contribution in [0.2, 0.25) is 10.0 Å². The van der Waals surface area contributed by atoms with Crippen LogP contribution >= 0.6 is 23.2 Å². The minimum atomic E-state index is 0.118. The molecule has 1 unspecified atom stereocenters. The van der Waals surface area contributed by atoms with Gasteiger partial charge in [0.25, 0.3) is 0 Å². The molecule has 0 fully saturated rings. The summed E-state index contributed by atoms with van der Waals surface area (Å²) in [6, 6.07) is 13.6. The molecule has 0 saturated carbocycles. The van der Waals surface area contributed by atoms with Gasteiger partial charge in [0.2, 0.25) is 0 Å². The van der Waals surface area contributed by atoms with Gasteiger partial charge in [-0.3, -0.25) is 4.90 Å². The molecule has 21 heavy (non-hydrogen) atoms. The van der Waals surface area contributed by atoms with Crippen LogP contribution in [0.4, 0.5) is 0 Å². The number of benzene rings is 2. The van der Waals surface area contributed by atoms with E-state index in [1.807, 2.05) is 24.3 Å². The normalized spacial score (nSPS) is 12.6. The summed E-state index contributed by atoms with van der Waals surface area (Å²) in [5.41, 5.74) is 2.32. The van der Waals surface area contributed by atoms with Gasteiger partial charge in [0, 0.05) is 17.6 Å². The first-order chi connectivity index (χ1) is 10.0. The van der Waals surface area contributed by atoms with Crippen molar-refractivity contribution in [2.75, 3.05) is 7.05 Å². The standard InChI is InChI=1S/C17H19Cl2NO/c1-3-16(13-5-7-14(18)8-6-13)20(2)11-12-4-9-17(21)15(19)10-12/h4-10,16,21H,3,11H2,1-2H3. The fourth-order valence-corrected chi connectivity index (χ4v) is 2.86. The van der Waals surface area contributed by atoms with Crippen LogP contribution in [-0.2, 0) is 6.54 Å². The number of aromatic hydroxyl groups is 1. The number of hydrogen-bond donors (Lipinski definition) is 1. The molecule has 0 saturated heterocycles. The molecular formula is C17H19Cl2NO. The molecule has 2 aromatic carbocycles. The fourth-order valence-electron chi connectivity index (χ4n) is 2.53. The summed E-state index contributed by atoms with van der Waals surface area (Å²) in [6.45, 7) is 2.93. The molecule has 2 aromatic rings. The largest absolute Gasteiger partial charge is 0.506 e. The first-order valence-electron chi connectivity index (χ1n) is 6.94. The number of phenols is 1. The Morgan fingerprint density at radius 1 is 1.10 bits per heavy atom. The zero-order valence-corrected chi connectivity index (χ0v) is 13.7. The van der Waals surface area contributed by atoms with E-state index >= 15 is 0 Å². The molecule has 0 aliphatic heterocycles. The van der Waals surface area contributed by atoms with Crippen molar-refractivity contribution < 1.29 is 5.11 Å². The summed E-state index contributed by atoms with van der Waals surface area (Å²) in [5.74, 6) is 0.118. The summed E-state index contributed by atoms with van der Waals surface area (Å²) in [6.07, 6.45) is 1.00. The molecule has 2 rings (SSSR count). The predicted octanol–water partition coefficient (Wildman–Crippen LogP) is 5.28. The van der Waals surface area contributed by atoms with Crippen molar-refractivity contribution in [2.24, 2.45) is 0 Å². The quantitative estimate of drug-likeness (QED) is 0.808. The van der Waals surface area contributed by atoms with Gasteiger partial charge < -0.3 is 5.11 Å². The molecule has 0 radical (unpaired) electrons. The highest BCUT2D eigenvalue weighted by Crippen LogP contribution is 2.28. The first-order valence-corrected chi connectivity index (χ1v) is 7.70. The molecular weight excluding hydrogens is 305 g/mol. The van der Waals surface area contributed by atoms with Crippen molar-refractivity contribution >= 4 is 23.2 Å². The van der Waals surface area contributed by atoms with E-state index in [4.69, 9.17) is 23.2 Å². The van der Waals surface area contributed by atoms with E-state index in [-0.39, 0.29) is 5.75 Å². The Morgan fingerprint density at radius 2 is 1.76 bits per heavy atom. The van der Waals surface area contributed by atoms with Crippen molar-refractivity contribution in [2.45, 2.75) is 25.9 Å². The summed E-state index contributed by atoms with van der Waals surface area (Å²) in [5, 5.41) is 10.6. The highest BCUT2D eigenvalue weighted by molar-refractivity contribution is 6.32. The molecule has 1 atom stereocenters. The second kappa shape index (κ2) is 7.17.